The van der Waals surface area contributed by atoms with Crippen LogP contribution < -0.4 is 5.32 Å². The molecule has 0 fully saturated rings. The van der Waals surface area contributed by atoms with Crippen molar-refractivity contribution in [2.75, 3.05) is 18.2 Å². The fourth-order valence-electron chi connectivity index (χ4n) is 1.80. The average molecular weight is 348 g/mol. The second-order valence-corrected chi connectivity index (χ2v) is 6.89. The fraction of sp³-hybridized carbons (Fsp3) is 0.312. The van der Waals surface area contributed by atoms with Gasteiger partial charge in [0.2, 0.25) is 5.91 Å². The van der Waals surface area contributed by atoms with E-state index in [0.29, 0.717) is 19.3 Å². The number of carbonyl (C=O) groups is 2. The van der Waals surface area contributed by atoms with Crippen LogP contribution in [0.4, 0.5) is 5.69 Å². The van der Waals surface area contributed by atoms with Gasteiger partial charge in [-0.25, -0.2) is 4.98 Å². The van der Waals surface area contributed by atoms with Crippen LogP contribution in [0.25, 0.3) is 10.2 Å². The maximum absolute atomic E-state index is 11.8. The standard InChI is InChI=1S/C16H16N2O3S2/c1-3-4-5-6-14(19)17-11-7-8-12-13(9-11)23-16(18-12)22-10-15(20)21-2/h1,7-9H,4-6,10H2,2H3,(H,17,19). The van der Waals surface area contributed by atoms with Gasteiger partial charge in [0, 0.05) is 18.5 Å². The van der Waals surface area contributed by atoms with E-state index in [1.54, 1.807) is 0 Å². The van der Waals surface area contributed by atoms with Gasteiger partial charge in [-0.05, 0) is 24.6 Å². The Morgan fingerprint density at radius 2 is 2.30 bits per heavy atom. The molecule has 120 valence electrons. The van der Waals surface area contributed by atoms with E-state index < -0.39 is 0 Å². The molecule has 0 unspecified atom stereocenters. The summed E-state index contributed by atoms with van der Waals surface area (Å²) < 4.78 is 6.36. The number of aromatic nitrogens is 1. The first-order chi connectivity index (χ1) is 11.1. The highest BCUT2D eigenvalue weighted by molar-refractivity contribution is 8.01. The molecule has 0 aliphatic carbocycles. The highest BCUT2D eigenvalue weighted by Crippen LogP contribution is 2.31. The van der Waals surface area contributed by atoms with E-state index in [1.165, 1.54) is 30.2 Å². The number of anilines is 1. The fourth-order valence-corrected chi connectivity index (χ4v) is 3.74. The highest BCUT2D eigenvalue weighted by atomic mass is 32.2. The van der Waals surface area contributed by atoms with Crippen molar-refractivity contribution in [3.63, 3.8) is 0 Å². The number of carbonyl (C=O) groups excluding carboxylic acids is 2. The predicted octanol–water partition coefficient (Wildman–Crippen LogP) is 3.30. The Hall–Kier alpha value is -2.04. The van der Waals surface area contributed by atoms with Gasteiger partial charge < -0.3 is 10.1 Å². The number of methoxy groups -OCH3 is 1. The third-order valence-corrected chi connectivity index (χ3v) is 5.05. The molecule has 1 amide bonds. The molecule has 0 atom stereocenters. The summed E-state index contributed by atoms with van der Waals surface area (Å²) in [7, 11) is 1.36. The largest absolute Gasteiger partial charge is 0.468 e. The molecule has 0 radical (unpaired) electrons. The molecule has 7 heteroatoms. The zero-order chi connectivity index (χ0) is 16.7. The molecule has 0 saturated carbocycles. The lowest BCUT2D eigenvalue weighted by Gasteiger charge is -2.04. The number of thioether (sulfide) groups is 1. The van der Waals surface area contributed by atoms with Crippen molar-refractivity contribution in [1.29, 1.82) is 0 Å². The zero-order valence-corrected chi connectivity index (χ0v) is 14.3. The van der Waals surface area contributed by atoms with Crippen LogP contribution in [0.3, 0.4) is 0 Å². The van der Waals surface area contributed by atoms with Crippen LogP contribution in [0.2, 0.25) is 0 Å². The second kappa shape index (κ2) is 8.56. The van der Waals surface area contributed by atoms with Crippen LogP contribution in [0, 0.1) is 12.3 Å². The number of fused-ring (bicyclic) bond motifs is 1. The summed E-state index contributed by atoms with van der Waals surface area (Å²) >= 11 is 2.82. The Labute approximate surface area is 142 Å². The monoisotopic (exact) mass is 348 g/mol. The summed E-state index contributed by atoms with van der Waals surface area (Å²) in [4.78, 5) is 27.4. The van der Waals surface area contributed by atoms with Crippen molar-refractivity contribution in [3.8, 4) is 12.3 Å². The third kappa shape index (κ3) is 5.27. The molecular weight excluding hydrogens is 332 g/mol. The minimum atomic E-state index is -0.283. The van der Waals surface area contributed by atoms with Crippen molar-refractivity contribution >= 4 is 50.9 Å². The minimum absolute atomic E-state index is 0.0515. The Morgan fingerprint density at radius 3 is 3.04 bits per heavy atom. The van der Waals surface area contributed by atoms with Gasteiger partial charge in [0.05, 0.1) is 23.1 Å². The topological polar surface area (TPSA) is 68.3 Å². The quantitative estimate of drug-likeness (QED) is 0.360. The van der Waals surface area contributed by atoms with Crippen LogP contribution in [0.1, 0.15) is 19.3 Å². The summed E-state index contributed by atoms with van der Waals surface area (Å²) in [5, 5.41) is 2.85. The van der Waals surface area contributed by atoms with E-state index in [4.69, 9.17) is 6.42 Å². The number of nitrogens with zero attached hydrogens (tertiary/aromatic N) is 1. The van der Waals surface area contributed by atoms with Gasteiger partial charge in [-0.3, -0.25) is 9.59 Å². The van der Waals surface area contributed by atoms with Gasteiger partial charge in [0.15, 0.2) is 4.34 Å². The molecule has 2 aromatic rings. The molecule has 1 N–H and O–H groups in total. The molecule has 1 heterocycles. The first-order valence-electron chi connectivity index (χ1n) is 6.96. The van der Waals surface area contributed by atoms with E-state index in [0.717, 1.165) is 20.2 Å². The average Bonchev–Trinajstić information content (AvgIpc) is 2.95. The summed E-state index contributed by atoms with van der Waals surface area (Å²) in [6.45, 7) is 0. The Balaban J connectivity index is 2.00. The van der Waals surface area contributed by atoms with Crippen molar-refractivity contribution < 1.29 is 14.3 Å². The van der Waals surface area contributed by atoms with Gasteiger partial charge in [-0.15, -0.1) is 23.7 Å². The summed E-state index contributed by atoms with van der Waals surface area (Å²) in [5.41, 5.74) is 1.57. The molecule has 0 saturated heterocycles. The number of nitrogens with one attached hydrogen (secondary N) is 1. The molecule has 23 heavy (non-hydrogen) atoms. The number of rotatable bonds is 7. The zero-order valence-electron chi connectivity index (χ0n) is 12.6. The molecule has 0 spiro atoms. The Morgan fingerprint density at radius 1 is 1.48 bits per heavy atom. The molecule has 2 rings (SSSR count). The van der Waals surface area contributed by atoms with Gasteiger partial charge in [-0.1, -0.05) is 11.8 Å². The first-order valence-corrected chi connectivity index (χ1v) is 8.76. The van der Waals surface area contributed by atoms with E-state index in [2.05, 4.69) is 21.0 Å². The van der Waals surface area contributed by atoms with Crippen molar-refractivity contribution in [1.82, 2.24) is 4.98 Å². The number of hydrogen-bond donors (Lipinski definition) is 1. The Bertz CT molecular complexity index is 749. The number of thiazole rings is 1. The molecule has 0 aliphatic heterocycles. The smallest absolute Gasteiger partial charge is 0.316 e. The molecule has 1 aromatic heterocycles. The van der Waals surface area contributed by atoms with Crippen molar-refractivity contribution in [2.45, 2.75) is 23.6 Å². The van der Waals surface area contributed by atoms with Gasteiger partial charge in [-0.2, -0.15) is 0 Å². The Kier molecular flexibility index (Phi) is 6.44. The van der Waals surface area contributed by atoms with Crippen LogP contribution in [0.15, 0.2) is 22.5 Å². The minimum Gasteiger partial charge on any atom is -0.468 e. The molecular formula is C16H16N2O3S2. The predicted molar refractivity (Wildman–Crippen MR) is 93.7 cm³/mol. The lowest BCUT2D eigenvalue weighted by atomic mass is 10.2. The SMILES string of the molecule is C#CCCCC(=O)Nc1ccc2nc(SCC(=O)OC)sc2c1. The van der Waals surface area contributed by atoms with E-state index in [1.807, 2.05) is 18.2 Å². The van der Waals surface area contributed by atoms with Gasteiger partial charge in [0.1, 0.15) is 0 Å². The lowest BCUT2D eigenvalue weighted by molar-refractivity contribution is -0.137. The number of unbranched alkanes of at least 4 members (excludes halogenated alkanes) is 1. The summed E-state index contributed by atoms with van der Waals surface area (Å²) in [6, 6.07) is 5.55. The summed E-state index contributed by atoms with van der Waals surface area (Å²) in [5.74, 6) is 2.41. The van der Waals surface area contributed by atoms with Crippen LogP contribution >= 0.6 is 23.1 Å². The van der Waals surface area contributed by atoms with Crippen LogP contribution in [0.5, 0.6) is 0 Å². The normalized spacial score (nSPS) is 10.3. The maximum atomic E-state index is 11.8. The number of esters is 1. The number of ether oxygens (including phenoxy) is 1. The molecule has 5 nitrogen and oxygen atoms in total. The molecule has 1 aromatic carbocycles. The third-order valence-electron chi connectivity index (χ3n) is 2.92. The van der Waals surface area contributed by atoms with E-state index in [9.17, 15) is 9.59 Å². The maximum Gasteiger partial charge on any atom is 0.316 e. The van der Waals surface area contributed by atoms with Crippen molar-refractivity contribution in [2.24, 2.45) is 0 Å². The first kappa shape index (κ1) is 17.3. The molecule has 0 aliphatic rings. The second-order valence-electron chi connectivity index (χ2n) is 4.63. The number of amides is 1. The lowest BCUT2D eigenvalue weighted by Crippen LogP contribution is -2.10. The van der Waals surface area contributed by atoms with Crippen LogP contribution in [-0.4, -0.2) is 29.7 Å². The number of benzene rings is 1. The van der Waals surface area contributed by atoms with Crippen LogP contribution in [-0.2, 0) is 14.3 Å². The molecule has 0 bridgehead atoms. The number of terminal acetylenes is 1. The van der Waals surface area contributed by atoms with Crippen molar-refractivity contribution in [3.05, 3.63) is 18.2 Å². The van der Waals surface area contributed by atoms with E-state index in [-0.39, 0.29) is 17.6 Å². The summed E-state index contributed by atoms with van der Waals surface area (Å²) in [6.07, 6.45) is 6.85. The van der Waals surface area contributed by atoms with Gasteiger partial charge in [0.25, 0.3) is 0 Å². The van der Waals surface area contributed by atoms with E-state index >= 15 is 0 Å². The van der Waals surface area contributed by atoms with Gasteiger partial charge >= 0.3 is 5.97 Å². The highest BCUT2D eigenvalue weighted by Gasteiger charge is 2.09. The number of hydrogen-bond acceptors (Lipinski definition) is 6.